The smallest absolute Gasteiger partial charge is 0.132 e. The van der Waals surface area contributed by atoms with Crippen LogP contribution >= 0.6 is 0 Å². The molecule has 0 saturated carbocycles. The molecule has 3 aromatic rings. The van der Waals surface area contributed by atoms with Gasteiger partial charge >= 0.3 is 0 Å². The summed E-state index contributed by atoms with van der Waals surface area (Å²) in [5.74, 6) is 0.303. The van der Waals surface area contributed by atoms with Gasteiger partial charge in [-0.1, -0.05) is 0 Å². The van der Waals surface area contributed by atoms with Gasteiger partial charge in [0.15, 0.2) is 0 Å². The Morgan fingerprint density at radius 1 is 1.04 bits per heavy atom. The average Bonchev–Trinajstić information content (AvgIpc) is 2.60. The van der Waals surface area contributed by atoms with E-state index in [1.165, 1.54) is 12.1 Å². The summed E-state index contributed by atoms with van der Waals surface area (Å²) in [4.78, 5) is 15.4. The Morgan fingerprint density at radius 2 is 1.84 bits per heavy atom. The molecule has 0 radical (unpaired) electrons. The van der Waals surface area contributed by atoms with E-state index in [9.17, 15) is 4.39 Å². The number of nitrogens with zero attached hydrogens (tertiary/aromatic N) is 4. The zero-order valence-corrected chi connectivity index (χ0v) is 14.2. The number of hydrogen-bond donors (Lipinski definition) is 0. The van der Waals surface area contributed by atoms with Gasteiger partial charge in [0, 0.05) is 43.0 Å². The van der Waals surface area contributed by atoms with Crippen LogP contribution in [0.3, 0.4) is 0 Å². The molecule has 0 unspecified atom stereocenters. The molecule has 2 atom stereocenters. The van der Waals surface area contributed by atoms with Crippen LogP contribution in [0.25, 0.3) is 22.3 Å². The summed E-state index contributed by atoms with van der Waals surface area (Å²) in [5.41, 5.74) is 1.99. The van der Waals surface area contributed by atoms with E-state index in [1.807, 2.05) is 32.0 Å². The Labute approximate surface area is 145 Å². The molecular weight excluding hydrogens is 319 g/mol. The molecule has 5 nitrogen and oxygen atoms in total. The number of hydrogen-bond acceptors (Lipinski definition) is 5. The molecule has 0 spiro atoms. The molecule has 4 rings (SSSR count). The van der Waals surface area contributed by atoms with Crippen molar-refractivity contribution in [2.24, 2.45) is 0 Å². The number of fused-ring (bicyclic) bond motifs is 1. The summed E-state index contributed by atoms with van der Waals surface area (Å²) in [6.45, 7) is 5.41. The van der Waals surface area contributed by atoms with E-state index >= 15 is 0 Å². The molecule has 0 N–H and O–H groups in total. The maximum atomic E-state index is 14.2. The summed E-state index contributed by atoms with van der Waals surface area (Å²) in [7, 11) is 0. The van der Waals surface area contributed by atoms with Crippen molar-refractivity contribution in [1.29, 1.82) is 0 Å². The first kappa shape index (κ1) is 15.9. The van der Waals surface area contributed by atoms with Gasteiger partial charge < -0.3 is 9.64 Å². The highest BCUT2D eigenvalue weighted by Gasteiger charge is 2.24. The maximum absolute atomic E-state index is 14.2. The molecule has 25 heavy (non-hydrogen) atoms. The third kappa shape index (κ3) is 3.30. The van der Waals surface area contributed by atoms with Gasteiger partial charge in [0.1, 0.15) is 11.6 Å². The zero-order chi connectivity index (χ0) is 17.4. The summed E-state index contributed by atoms with van der Waals surface area (Å²) in [5, 5.41) is 0.943. The van der Waals surface area contributed by atoms with E-state index in [1.54, 1.807) is 12.4 Å². The highest BCUT2D eigenvalue weighted by atomic mass is 19.1. The summed E-state index contributed by atoms with van der Waals surface area (Å²) < 4.78 is 20.0. The molecule has 4 heterocycles. The molecule has 1 aliphatic rings. The van der Waals surface area contributed by atoms with E-state index in [-0.39, 0.29) is 18.0 Å². The van der Waals surface area contributed by atoms with Gasteiger partial charge in [-0.3, -0.25) is 4.98 Å². The third-order valence-corrected chi connectivity index (χ3v) is 4.27. The second-order valence-corrected chi connectivity index (χ2v) is 6.46. The minimum absolute atomic E-state index is 0.0866. The van der Waals surface area contributed by atoms with Gasteiger partial charge in [0.2, 0.25) is 0 Å². The lowest BCUT2D eigenvalue weighted by molar-refractivity contribution is -0.00547. The first-order valence-electron chi connectivity index (χ1n) is 8.37. The molecule has 3 aromatic heterocycles. The molecule has 1 aliphatic heterocycles. The lowest BCUT2D eigenvalue weighted by Gasteiger charge is -2.36. The van der Waals surface area contributed by atoms with Crippen LogP contribution in [0.5, 0.6) is 0 Å². The quantitative estimate of drug-likeness (QED) is 0.716. The van der Waals surface area contributed by atoms with Crippen LogP contribution < -0.4 is 4.90 Å². The summed E-state index contributed by atoms with van der Waals surface area (Å²) in [6.07, 6.45) is 3.62. The molecule has 6 heteroatoms. The summed E-state index contributed by atoms with van der Waals surface area (Å²) in [6, 6.07) is 8.51. The topological polar surface area (TPSA) is 51.1 Å². The molecule has 0 bridgehead atoms. The lowest BCUT2D eigenvalue weighted by atomic mass is 10.2. The number of ether oxygens (including phenoxy) is 1. The highest BCUT2D eigenvalue weighted by molar-refractivity contribution is 5.80. The summed E-state index contributed by atoms with van der Waals surface area (Å²) >= 11 is 0. The molecule has 1 fully saturated rings. The molecule has 0 amide bonds. The Balaban J connectivity index is 1.73. The predicted octanol–water partition coefficient (Wildman–Crippen LogP) is 3.44. The fraction of sp³-hybridized carbons (Fsp3) is 0.316. The molecular formula is C19H19FN4O. The van der Waals surface area contributed by atoms with Crippen molar-refractivity contribution < 1.29 is 9.13 Å². The number of aromatic nitrogens is 3. The number of pyridine rings is 3. The second-order valence-electron chi connectivity index (χ2n) is 6.46. The largest absolute Gasteiger partial charge is 0.372 e. The van der Waals surface area contributed by atoms with Gasteiger partial charge in [-0.05, 0) is 32.0 Å². The SMILES string of the molecule is C[C@@H]1CN(c2cc(F)cc(-c3ccc4cnccc4n3)n2)C[C@H](C)O1. The maximum Gasteiger partial charge on any atom is 0.132 e. The number of halogens is 1. The van der Waals surface area contributed by atoms with Crippen molar-refractivity contribution >= 4 is 16.7 Å². The predicted molar refractivity (Wildman–Crippen MR) is 94.9 cm³/mol. The fourth-order valence-corrected chi connectivity index (χ4v) is 3.25. The van der Waals surface area contributed by atoms with Crippen molar-refractivity contribution in [3.05, 3.63) is 48.5 Å². The number of anilines is 1. The highest BCUT2D eigenvalue weighted by Crippen LogP contribution is 2.25. The van der Waals surface area contributed by atoms with Crippen LogP contribution in [0.1, 0.15) is 13.8 Å². The molecule has 0 aromatic carbocycles. The third-order valence-electron chi connectivity index (χ3n) is 4.27. The second kappa shape index (κ2) is 6.37. The molecule has 128 valence electrons. The lowest BCUT2D eigenvalue weighted by Crippen LogP contribution is -2.45. The van der Waals surface area contributed by atoms with Crippen LogP contribution in [0.2, 0.25) is 0 Å². The van der Waals surface area contributed by atoms with Crippen molar-refractivity contribution in [1.82, 2.24) is 15.0 Å². The minimum Gasteiger partial charge on any atom is -0.372 e. The van der Waals surface area contributed by atoms with Crippen LogP contribution in [0.15, 0.2) is 42.7 Å². The van der Waals surface area contributed by atoms with Crippen molar-refractivity contribution in [3.8, 4) is 11.4 Å². The first-order valence-corrected chi connectivity index (χ1v) is 8.37. The normalized spacial score (nSPS) is 20.8. The van der Waals surface area contributed by atoms with Gasteiger partial charge in [-0.15, -0.1) is 0 Å². The van der Waals surface area contributed by atoms with Gasteiger partial charge in [0.25, 0.3) is 0 Å². The number of rotatable bonds is 2. The van der Waals surface area contributed by atoms with Crippen molar-refractivity contribution in [2.75, 3.05) is 18.0 Å². The van der Waals surface area contributed by atoms with Gasteiger partial charge in [0.05, 0.1) is 29.1 Å². The average molecular weight is 338 g/mol. The Morgan fingerprint density at radius 3 is 2.64 bits per heavy atom. The Hall–Kier alpha value is -2.60. The first-order chi connectivity index (χ1) is 12.1. The zero-order valence-electron chi connectivity index (χ0n) is 14.2. The molecule has 1 saturated heterocycles. The van der Waals surface area contributed by atoms with E-state index in [0.717, 1.165) is 10.9 Å². The van der Waals surface area contributed by atoms with E-state index in [4.69, 9.17) is 4.74 Å². The number of morpholine rings is 1. The molecule has 0 aliphatic carbocycles. The Kier molecular flexibility index (Phi) is 4.05. The minimum atomic E-state index is -0.316. The Bertz CT molecular complexity index is 907. The van der Waals surface area contributed by atoms with Crippen LogP contribution in [-0.2, 0) is 4.74 Å². The van der Waals surface area contributed by atoms with Crippen LogP contribution in [-0.4, -0.2) is 40.2 Å². The van der Waals surface area contributed by atoms with E-state index in [0.29, 0.717) is 30.3 Å². The van der Waals surface area contributed by atoms with E-state index < -0.39 is 0 Å². The van der Waals surface area contributed by atoms with E-state index in [2.05, 4.69) is 19.9 Å². The fourth-order valence-electron chi connectivity index (χ4n) is 3.25. The van der Waals surface area contributed by atoms with Crippen LogP contribution in [0.4, 0.5) is 10.2 Å². The van der Waals surface area contributed by atoms with Crippen LogP contribution in [0, 0.1) is 5.82 Å². The monoisotopic (exact) mass is 338 g/mol. The van der Waals surface area contributed by atoms with Crippen molar-refractivity contribution in [3.63, 3.8) is 0 Å². The van der Waals surface area contributed by atoms with Gasteiger partial charge in [-0.25, -0.2) is 14.4 Å². The standard InChI is InChI=1S/C19H19FN4O/c1-12-10-24(11-13(2)25-12)19-8-15(20)7-18(23-19)17-4-3-14-9-21-6-5-16(14)22-17/h3-9,12-13H,10-11H2,1-2H3/t12-,13+. The van der Waals surface area contributed by atoms with Crippen molar-refractivity contribution in [2.45, 2.75) is 26.1 Å². The van der Waals surface area contributed by atoms with Gasteiger partial charge in [-0.2, -0.15) is 0 Å².